The van der Waals surface area contributed by atoms with Gasteiger partial charge in [-0.1, -0.05) is 5.16 Å². The van der Waals surface area contributed by atoms with Gasteiger partial charge in [-0.15, -0.1) is 0 Å². The highest BCUT2D eigenvalue weighted by molar-refractivity contribution is 5.97. The van der Waals surface area contributed by atoms with E-state index in [1.54, 1.807) is 12.1 Å². The minimum Gasteiger partial charge on any atom is -0.477 e. The molecule has 6 heteroatoms. The standard InChI is InChI=1S/C13H19N3O3/c1-9-6-11(13(14)16-17)7-12(15-9)19-8-10-2-4-18-5-3-10/h6-7,10,17H,2-5,8H2,1H3,(H2,14,16). The normalized spacial score (nSPS) is 17.4. The molecule has 1 saturated heterocycles. The molecule has 0 saturated carbocycles. The van der Waals surface area contributed by atoms with Gasteiger partial charge in [-0.25, -0.2) is 4.98 Å². The Morgan fingerprint density at radius 1 is 1.53 bits per heavy atom. The van der Waals surface area contributed by atoms with E-state index in [0.717, 1.165) is 31.7 Å². The first kappa shape index (κ1) is 13.6. The van der Waals surface area contributed by atoms with E-state index in [-0.39, 0.29) is 5.84 Å². The Labute approximate surface area is 112 Å². The van der Waals surface area contributed by atoms with Crippen LogP contribution in [0.3, 0.4) is 0 Å². The topological polar surface area (TPSA) is 90.0 Å². The molecule has 1 aromatic rings. The Kier molecular flexibility index (Phi) is 4.57. The van der Waals surface area contributed by atoms with Gasteiger partial charge in [0.15, 0.2) is 5.84 Å². The number of aryl methyl sites for hydroxylation is 1. The van der Waals surface area contributed by atoms with Crippen LogP contribution in [0.15, 0.2) is 17.3 Å². The molecule has 6 nitrogen and oxygen atoms in total. The summed E-state index contributed by atoms with van der Waals surface area (Å²) in [7, 11) is 0. The Hall–Kier alpha value is -1.82. The van der Waals surface area contributed by atoms with E-state index in [4.69, 9.17) is 20.4 Å². The molecule has 0 aromatic carbocycles. The predicted octanol–water partition coefficient (Wildman–Crippen LogP) is 1.29. The van der Waals surface area contributed by atoms with Crippen LogP contribution < -0.4 is 10.5 Å². The number of oxime groups is 1. The van der Waals surface area contributed by atoms with Gasteiger partial charge in [0.25, 0.3) is 0 Å². The molecule has 1 aliphatic rings. The van der Waals surface area contributed by atoms with Gasteiger partial charge in [0.1, 0.15) is 0 Å². The van der Waals surface area contributed by atoms with Crippen LogP contribution in [-0.2, 0) is 4.74 Å². The molecule has 2 heterocycles. The number of hydrogen-bond acceptors (Lipinski definition) is 5. The Morgan fingerprint density at radius 3 is 2.95 bits per heavy atom. The van der Waals surface area contributed by atoms with Crippen LogP contribution in [0.5, 0.6) is 5.88 Å². The van der Waals surface area contributed by atoms with Crippen molar-refractivity contribution in [2.75, 3.05) is 19.8 Å². The zero-order valence-corrected chi connectivity index (χ0v) is 11.0. The number of nitrogens with zero attached hydrogens (tertiary/aromatic N) is 2. The third-order valence-corrected chi connectivity index (χ3v) is 3.14. The molecule has 0 amide bonds. The zero-order chi connectivity index (χ0) is 13.7. The van der Waals surface area contributed by atoms with Crippen molar-refractivity contribution in [1.29, 1.82) is 0 Å². The monoisotopic (exact) mass is 265 g/mol. The van der Waals surface area contributed by atoms with E-state index in [9.17, 15) is 0 Å². The van der Waals surface area contributed by atoms with Crippen molar-refractivity contribution in [2.24, 2.45) is 16.8 Å². The predicted molar refractivity (Wildman–Crippen MR) is 70.5 cm³/mol. The first-order chi connectivity index (χ1) is 9.19. The van der Waals surface area contributed by atoms with Crippen LogP contribution in [0.1, 0.15) is 24.1 Å². The van der Waals surface area contributed by atoms with Crippen molar-refractivity contribution < 1.29 is 14.7 Å². The zero-order valence-electron chi connectivity index (χ0n) is 11.0. The molecule has 0 aliphatic carbocycles. The lowest BCUT2D eigenvalue weighted by Gasteiger charge is -2.21. The molecule has 0 radical (unpaired) electrons. The number of aromatic nitrogens is 1. The van der Waals surface area contributed by atoms with Crippen molar-refractivity contribution in [3.8, 4) is 5.88 Å². The van der Waals surface area contributed by atoms with Gasteiger partial charge in [0, 0.05) is 30.5 Å². The second-order valence-corrected chi connectivity index (χ2v) is 4.69. The van der Waals surface area contributed by atoms with Crippen LogP contribution in [0.4, 0.5) is 0 Å². The highest BCUT2D eigenvalue weighted by atomic mass is 16.5. The summed E-state index contributed by atoms with van der Waals surface area (Å²) in [5.74, 6) is 1.07. The fourth-order valence-electron chi connectivity index (χ4n) is 2.03. The van der Waals surface area contributed by atoms with Gasteiger partial charge in [-0.2, -0.15) is 0 Å². The lowest BCUT2D eigenvalue weighted by atomic mass is 10.0. The lowest BCUT2D eigenvalue weighted by molar-refractivity contribution is 0.0490. The van der Waals surface area contributed by atoms with E-state index in [2.05, 4.69) is 10.1 Å². The van der Waals surface area contributed by atoms with Crippen LogP contribution in [0.25, 0.3) is 0 Å². The average Bonchev–Trinajstić information content (AvgIpc) is 2.45. The molecular formula is C13H19N3O3. The largest absolute Gasteiger partial charge is 0.477 e. The molecule has 0 spiro atoms. The van der Waals surface area contributed by atoms with E-state index in [1.807, 2.05) is 6.92 Å². The Balaban J connectivity index is 2.01. The molecule has 2 rings (SSSR count). The smallest absolute Gasteiger partial charge is 0.214 e. The fraction of sp³-hybridized carbons (Fsp3) is 0.538. The first-order valence-electron chi connectivity index (χ1n) is 6.36. The van der Waals surface area contributed by atoms with E-state index in [1.165, 1.54) is 0 Å². The molecule has 19 heavy (non-hydrogen) atoms. The maximum absolute atomic E-state index is 8.69. The molecule has 104 valence electrons. The van der Waals surface area contributed by atoms with Crippen LogP contribution in [-0.4, -0.2) is 35.8 Å². The van der Waals surface area contributed by atoms with Crippen LogP contribution in [0, 0.1) is 12.8 Å². The highest BCUT2D eigenvalue weighted by Crippen LogP contribution is 2.18. The number of pyridine rings is 1. The maximum Gasteiger partial charge on any atom is 0.214 e. The number of nitrogens with two attached hydrogens (primary N) is 1. The average molecular weight is 265 g/mol. The van der Waals surface area contributed by atoms with Gasteiger partial charge < -0.3 is 20.4 Å². The fourth-order valence-corrected chi connectivity index (χ4v) is 2.03. The maximum atomic E-state index is 8.69. The van der Waals surface area contributed by atoms with Gasteiger partial charge in [-0.3, -0.25) is 0 Å². The SMILES string of the molecule is Cc1cc(/C(N)=N/O)cc(OCC2CCOCC2)n1. The summed E-state index contributed by atoms with van der Waals surface area (Å²) in [6.45, 7) is 4.06. The summed E-state index contributed by atoms with van der Waals surface area (Å²) in [6, 6.07) is 3.43. The van der Waals surface area contributed by atoms with E-state index >= 15 is 0 Å². The summed E-state index contributed by atoms with van der Waals surface area (Å²) in [5.41, 5.74) is 6.95. The second kappa shape index (κ2) is 6.38. The van der Waals surface area contributed by atoms with Crippen molar-refractivity contribution in [3.05, 3.63) is 23.4 Å². The van der Waals surface area contributed by atoms with Crippen molar-refractivity contribution >= 4 is 5.84 Å². The third-order valence-electron chi connectivity index (χ3n) is 3.14. The number of hydrogen-bond donors (Lipinski definition) is 2. The molecule has 3 N–H and O–H groups in total. The molecule has 0 unspecified atom stereocenters. The van der Waals surface area contributed by atoms with Crippen LogP contribution >= 0.6 is 0 Å². The van der Waals surface area contributed by atoms with Gasteiger partial charge in [0.05, 0.1) is 6.61 Å². The summed E-state index contributed by atoms with van der Waals surface area (Å²) in [5, 5.41) is 11.7. The summed E-state index contributed by atoms with van der Waals surface area (Å²) in [6.07, 6.45) is 2.03. The molecule has 1 fully saturated rings. The lowest BCUT2D eigenvalue weighted by Crippen LogP contribution is -2.22. The van der Waals surface area contributed by atoms with Crippen molar-refractivity contribution in [3.63, 3.8) is 0 Å². The second-order valence-electron chi connectivity index (χ2n) is 4.69. The number of rotatable bonds is 4. The van der Waals surface area contributed by atoms with Crippen molar-refractivity contribution in [1.82, 2.24) is 4.98 Å². The Bertz CT molecular complexity index is 456. The summed E-state index contributed by atoms with van der Waals surface area (Å²) in [4.78, 5) is 4.29. The number of ether oxygens (including phenoxy) is 2. The Morgan fingerprint density at radius 2 is 2.26 bits per heavy atom. The summed E-state index contributed by atoms with van der Waals surface area (Å²) < 4.78 is 11.0. The van der Waals surface area contributed by atoms with Gasteiger partial charge >= 0.3 is 0 Å². The van der Waals surface area contributed by atoms with Crippen molar-refractivity contribution in [2.45, 2.75) is 19.8 Å². The molecule has 0 atom stereocenters. The van der Waals surface area contributed by atoms with Gasteiger partial charge in [0.2, 0.25) is 5.88 Å². The highest BCUT2D eigenvalue weighted by Gasteiger charge is 2.15. The molecule has 0 bridgehead atoms. The quantitative estimate of drug-likeness (QED) is 0.370. The van der Waals surface area contributed by atoms with Crippen LogP contribution in [0.2, 0.25) is 0 Å². The third kappa shape index (κ3) is 3.82. The molecule has 1 aromatic heterocycles. The minimum absolute atomic E-state index is 0.0569. The van der Waals surface area contributed by atoms with E-state index in [0.29, 0.717) is 24.0 Å². The van der Waals surface area contributed by atoms with E-state index < -0.39 is 0 Å². The van der Waals surface area contributed by atoms with Gasteiger partial charge in [-0.05, 0) is 31.7 Å². The molecule has 1 aliphatic heterocycles. The number of amidine groups is 1. The minimum atomic E-state index is 0.0569. The summed E-state index contributed by atoms with van der Waals surface area (Å²) >= 11 is 0. The first-order valence-corrected chi connectivity index (χ1v) is 6.36. The molecular weight excluding hydrogens is 246 g/mol.